The van der Waals surface area contributed by atoms with Crippen LogP contribution in [0.25, 0.3) is 10.8 Å². The van der Waals surface area contributed by atoms with E-state index in [0.29, 0.717) is 0 Å². The van der Waals surface area contributed by atoms with Crippen LogP contribution in [0.5, 0.6) is 0 Å². The average Bonchev–Trinajstić information content (AvgIpc) is 2.67. The third-order valence-corrected chi connectivity index (χ3v) is 3.32. The molecular weight excluding hydrogens is 244 g/mol. The van der Waals surface area contributed by atoms with Crippen molar-refractivity contribution in [1.29, 1.82) is 0 Å². The standard InChI is InChI=1S/C14H12N2O3/c17-13-8-12(14(18)16(13)19)15-11-7-3-5-9-4-1-2-6-10(9)11/h1-7,12,15,19H,8H2/p+1. The minimum atomic E-state index is -0.668. The number of imide groups is 1. The Balaban J connectivity index is 1.94. The zero-order valence-corrected chi connectivity index (χ0v) is 10.1. The topological polar surface area (TPSA) is 70.8 Å². The molecule has 5 heteroatoms. The molecule has 2 aromatic carbocycles. The molecule has 5 nitrogen and oxygen atoms in total. The van der Waals surface area contributed by atoms with Crippen LogP contribution in [0.4, 0.5) is 5.69 Å². The normalized spacial score (nSPS) is 23.0. The van der Waals surface area contributed by atoms with Crippen LogP contribution in [0.1, 0.15) is 6.42 Å². The molecule has 0 aromatic heterocycles. The molecule has 1 heterocycles. The molecule has 1 aliphatic heterocycles. The van der Waals surface area contributed by atoms with Gasteiger partial charge in [0, 0.05) is 11.1 Å². The number of quaternary nitrogens is 1. The quantitative estimate of drug-likeness (QED) is 0.536. The van der Waals surface area contributed by atoms with Crippen LogP contribution < -0.4 is 10.4 Å². The van der Waals surface area contributed by atoms with E-state index in [0.717, 1.165) is 16.5 Å². The summed E-state index contributed by atoms with van der Waals surface area (Å²) in [5.41, 5.74) is 0.791. The van der Waals surface area contributed by atoms with Crippen LogP contribution in [-0.2, 0) is 9.59 Å². The maximum atomic E-state index is 11.7. The first-order valence-electron chi connectivity index (χ1n) is 6.04. The van der Waals surface area contributed by atoms with Gasteiger partial charge in [-0.25, -0.2) is 14.8 Å². The van der Waals surface area contributed by atoms with Gasteiger partial charge in [0.1, 0.15) is 6.42 Å². The van der Waals surface area contributed by atoms with Crippen molar-refractivity contribution in [2.75, 3.05) is 5.32 Å². The lowest BCUT2D eigenvalue weighted by Crippen LogP contribution is -3.13. The molecule has 2 amide bonds. The second-order valence-electron chi connectivity index (χ2n) is 4.56. The number of anilines is 1. The molecule has 96 valence electrons. The van der Waals surface area contributed by atoms with Crippen LogP contribution >= 0.6 is 0 Å². The van der Waals surface area contributed by atoms with Crippen molar-refractivity contribution in [3.63, 3.8) is 0 Å². The van der Waals surface area contributed by atoms with Crippen molar-refractivity contribution in [2.24, 2.45) is 0 Å². The van der Waals surface area contributed by atoms with Gasteiger partial charge in [-0.3, -0.25) is 0 Å². The Morgan fingerprint density at radius 1 is 1.11 bits per heavy atom. The Kier molecular flexibility index (Phi) is 2.77. The molecule has 1 saturated heterocycles. The summed E-state index contributed by atoms with van der Waals surface area (Å²) in [6.45, 7) is 0. The number of carbonyl (C=O) groups is 2. The van der Waals surface area contributed by atoms with E-state index < -0.39 is 22.9 Å². The molecule has 0 saturated carbocycles. The molecule has 1 fully saturated rings. The fourth-order valence-electron chi connectivity index (χ4n) is 2.33. The fourth-order valence-corrected chi connectivity index (χ4v) is 2.33. The van der Waals surface area contributed by atoms with Crippen LogP contribution in [0.2, 0.25) is 0 Å². The number of carbonyl (C=O) groups excluding carboxylic acids is 2. The molecule has 0 bridgehead atoms. The summed E-state index contributed by atoms with van der Waals surface area (Å²) in [5, 5.41) is 13.7. The average molecular weight is 257 g/mol. The molecule has 0 radical (unpaired) electrons. The molecule has 3 rings (SSSR count). The highest BCUT2D eigenvalue weighted by Gasteiger charge is 2.44. The van der Waals surface area contributed by atoms with Crippen molar-refractivity contribution in [3.05, 3.63) is 42.5 Å². The fraction of sp³-hybridized carbons (Fsp3) is 0.143. The van der Waals surface area contributed by atoms with Crippen LogP contribution in [0.15, 0.2) is 42.5 Å². The van der Waals surface area contributed by atoms with Gasteiger partial charge in [-0.15, -0.1) is 0 Å². The van der Waals surface area contributed by atoms with Crippen molar-refractivity contribution >= 4 is 28.3 Å². The highest BCUT2D eigenvalue weighted by Crippen LogP contribution is 2.24. The Hall–Kier alpha value is -2.24. The third-order valence-electron chi connectivity index (χ3n) is 3.32. The van der Waals surface area contributed by atoms with E-state index in [1.54, 1.807) is 0 Å². The van der Waals surface area contributed by atoms with Gasteiger partial charge in [0.05, 0.1) is 0 Å². The summed E-state index contributed by atoms with van der Waals surface area (Å²) in [5.74, 6) is -1.03. The minimum Gasteiger partial charge on any atom is -0.369 e. The van der Waals surface area contributed by atoms with Gasteiger partial charge in [0.2, 0.25) is 0 Å². The summed E-state index contributed by atoms with van der Waals surface area (Å²) in [6, 6.07) is 12.8. The lowest BCUT2D eigenvalue weighted by Gasteiger charge is -2.11. The SMILES string of the molecule is O=C1CC(Nc2cccc3ccccc23)C(=O)[NH+]1O. The summed E-state index contributed by atoms with van der Waals surface area (Å²) in [7, 11) is 0. The number of amides is 2. The first-order chi connectivity index (χ1) is 9.16. The summed E-state index contributed by atoms with van der Waals surface area (Å²) in [4.78, 5) is 23.0. The number of hydrogen-bond donors (Lipinski definition) is 3. The number of hydroxylamine groups is 2. The second-order valence-corrected chi connectivity index (χ2v) is 4.56. The molecule has 2 atom stereocenters. The number of nitrogens with one attached hydrogen (secondary N) is 2. The number of hydrogen-bond acceptors (Lipinski definition) is 4. The van der Waals surface area contributed by atoms with E-state index in [2.05, 4.69) is 5.32 Å². The molecule has 3 N–H and O–H groups in total. The molecular formula is C14H13N2O3+. The number of fused-ring (bicyclic) bond motifs is 1. The summed E-state index contributed by atoms with van der Waals surface area (Å²) >= 11 is 0. The second kappa shape index (κ2) is 4.46. The third kappa shape index (κ3) is 1.99. The zero-order chi connectivity index (χ0) is 13.4. The molecule has 2 aromatic rings. The van der Waals surface area contributed by atoms with E-state index >= 15 is 0 Å². The Labute approximate surface area is 109 Å². The van der Waals surface area contributed by atoms with Gasteiger partial charge in [-0.1, -0.05) is 41.5 Å². The van der Waals surface area contributed by atoms with Gasteiger partial charge in [-0.2, -0.15) is 0 Å². The highest BCUT2D eigenvalue weighted by atomic mass is 16.5. The number of benzene rings is 2. The van der Waals surface area contributed by atoms with Crippen molar-refractivity contribution < 1.29 is 19.9 Å². The molecule has 0 spiro atoms. The first kappa shape index (κ1) is 11.8. The molecule has 0 aliphatic carbocycles. The van der Waals surface area contributed by atoms with Gasteiger partial charge < -0.3 is 5.32 Å². The predicted molar refractivity (Wildman–Crippen MR) is 68.7 cm³/mol. The zero-order valence-electron chi connectivity index (χ0n) is 10.1. The largest absolute Gasteiger partial charge is 0.374 e. The minimum absolute atomic E-state index is 0.00783. The highest BCUT2D eigenvalue weighted by molar-refractivity contribution is 5.98. The summed E-state index contributed by atoms with van der Waals surface area (Å²) < 4.78 is 0. The Morgan fingerprint density at radius 2 is 1.84 bits per heavy atom. The monoisotopic (exact) mass is 257 g/mol. The lowest BCUT2D eigenvalue weighted by molar-refractivity contribution is -0.948. The first-order valence-corrected chi connectivity index (χ1v) is 6.04. The van der Waals surface area contributed by atoms with Gasteiger partial charge in [-0.05, 0) is 11.5 Å². The Morgan fingerprint density at radius 3 is 2.58 bits per heavy atom. The molecule has 19 heavy (non-hydrogen) atoms. The smallest absolute Gasteiger partial charge is 0.369 e. The maximum Gasteiger partial charge on any atom is 0.374 e. The van der Waals surface area contributed by atoms with E-state index in [-0.39, 0.29) is 6.42 Å². The predicted octanol–water partition coefficient (Wildman–Crippen LogP) is 0.351. The van der Waals surface area contributed by atoms with Crippen LogP contribution in [0, 0.1) is 0 Å². The van der Waals surface area contributed by atoms with E-state index in [9.17, 15) is 14.8 Å². The van der Waals surface area contributed by atoms with Crippen molar-refractivity contribution in [3.8, 4) is 0 Å². The van der Waals surface area contributed by atoms with E-state index in [4.69, 9.17) is 0 Å². The van der Waals surface area contributed by atoms with E-state index in [1.165, 1.54) is 0 Å². The van der Waals surface area contributed by atoms with E-state index in [1.807, 2.05) is 42.5 Å². The maximum absolute atomic E-state index is 11.7. The van der Waals surface area contributed by atoms with Crippen LogP contribution in [0.3, 0.4) is 0 Å². The number of rotatable bonds is 2. The lowest BCUT2D eigenvalue weighted by atomic mass is 10.1. The van der Waals surface area contributed by atoms with Crippen molar-refractivity contribution in [1.82, 2.24) is 0 Å². The van der Waals surface area contributed by atoms with Crippen molar-refractivity contribution in [2.45, 2.75) is 12.5 Å². The van der Waals surface area contributed by atoms with Gasteiger partial charge >= 0.3 is 11.8 Å². The van der Waals surface area contributed by atoms with Gasteiger partial charge in [0.25, 0.3) is 0 Å². The molecule has 1 aliphatic rings. The van der Waals surface area contributed by atoms with Crippen LogP contribution in [-0.4, -0.2) is 23.1 Å². The molecule has 2 unspecified atom stereocenters. The summed E-state index contributed by atoms with van der Waals surface area (Å²) in [6.07, 6.45) is 0.00783. The van der Waals surface area contributed by atoms with Gasteiger partial charge in [0.15, 0.2) is 6.04 Å². The Bertz CT molecular complexity index is 663.